The van der Waals surface area contributed by atoms with E-state index in [1.807, 2.05) is 26.0 Å². The number of carbonyl (C=O) groups is 1. The average Bonchev–Trinajstić information content (AvgIpc) is 2.30. The molecule has 0 saturated heterocycles. The summed E-state index contributed by atoms with van der Waals surface area (Å²) in [6.07, 6.45) is 0. The van der Waals surface area contributed by atoms with Crippen molar-refractivity contribution in [1.82, 2.24) is 5.32 Å². The van der Waals surface area contributed by atoms with Crippen LogP contribution in [-0.2, 0) is 4.79 Å². The first-order chi connectivity index (χ1) is 8.40. The van der Waals surface area contributed by atoms with Crippen molar-refractivity contribution >= 4 is 35.6 Å². The Hall–Kier alpha value is -0.770. The molecule has 1 atom stereocenters. The second-order valence-electron chi connectivity index (χ2n) is 4.98. The van der Waals surface area contributed by atoms with E-state index in [4.69, 9.17) is 11.6 Å². The van der Waals surface area contributed by atoms with Crippen molar-refractivity contribution in [2.75, 3.05) is 11.9 Å². The van der Waals surface area contributed by atoms with Gasteiger partial charge in [-0.05, 0) is 44.0 Å². The zero-order valence-electron chi connectivity index (χ0n) is 11.8. The van der Waals surface area contributed by atoms with E-state index in [1.165, 1.54) is 0 Å². The van der Waals surface area contributed by atoms with Gasteiger partial charge in [-0.2, -0.15) is 0 Å². The Balaban J connectivity index is 0.00000324. The van der Waals surface area contributed by atoms with Gasteiger partial charge in [0, 0.05) is 10.7 Å². The first-order valence-electron chi connectivity index (χ1n) is 6.20. The monoisotopic (exact) mass is 304 g/mol. The van der Waals surface area contributed by atoms with E-state index in [-0.39, 0.29) is 24.4 Å². The van der Waals surface area contributed by atoms with Crippen LogP contribution < -0.4 is 10.6 Å². The number of hydrogen-bond donors (Lipinski definition) is 2. The van der Waals surface area contributed by atoms with E-state index in [2.05, 4.69) is 24.5 Å². The fraction of sp³-hybridized carbons (Fsp3) is 0.500. The SMILES string of the molecule is Cc1ccc(NC(=O)C(C)NCC(C)C)cc1Cl.Cl. The average molecular weight is 305 g/mol. The third-order valence-electron chi connectivity index (χ3n) is 2.66. The van der Waals surface area contributed by atoms with Gasteiger partial charge in [0.25, 0.3) is 0 Å². The fourth-order valence-electron chi connectivity index (χ4n) is 1.43. The van der Waals surface area contributed by atoms with Gasteiger partial charge in [0.2, 0.25) is 5.91 Å². The Labute approximate surface area is 126 Å². The first-order valence-corrected chi connectivity index (χ1v) is 6.58. The topological polar surface area (TPSA) is 41.1 Å². The molecule has 19 heavy (non-hydrogen) atoms. The predicted octanol–water partition coefficient (Wildman–Crippen LogP) is 3.64. The van der Waals surface area contributed by atoms with E-state index in [0.29, 0.717) is 10.9 Å². The van der Waals surface area contributed by atoms with Gasteiger partial charge in [-0.15, -0.1) is 12.4 Å². The van der Waals surface area contributed by atoms with Crippen LogP contribution >= 0.6 is 24.0 Å². The summed E-state index contributed by atoms with van der Waals surface area (Å²) < 4.78 is 0. The molecule has 0 bridgehead atoms. The molecule has 0 aromatic heterocycles. The molecule has 1 amide bonds. The van der Waals surface area contributed by atoms with E-state index in [1.54, 1.807) is 6.07 Å². The molecule has 0 aliphatic rings. The van der Waals surface area contributed by atoms with Crippen molar-refractivity contribution in [3.8, 4) is 0 Å². The van der Waals surface area contributed by atoms with Crippen LogP contribution in [0.4, 0.5) is 5.69 Å². The summed E-state index contributed by atoms with van der Waals surface area (Å²) in [7, 11) is 0. The number of anilines is 1. The molecule has 2 N–H and O–H groups in total. The molecule has 0 heterocycles. The molecule has 5 heteroatoms. The molecule has 0 spiro atoms. The number of rotatable bonds is 5. The Morgan fingerprint density at radius 1 is 1.32 bits per heavy atom. The zero-order valence-corrected chi connectivity index (χ0v) is 13.4. The van der Waals surface area contributed by atoms with Crippen LogP contribution in [0.1, 0.15) is 26.3 Å². The lowest BCUT2D eigenvalue weighted by molar-refractivity contribution is -0.117. The summed E-state index contributed by atoms with van der Waals surface area (Å²) in [6.45, 7) is 8.83. The number of amides is 1. The van der Waals surface area contributed by atoms with Crippen LogP contribution in [0.3, 0.4) is 0 Å². The summed E-state index contributed by atoms with van der Waals surface area (Å²) in [6, 6.07) is 5.30. The molecule has 0 aliphatic heterocycles. The summed E-state index contributed by atoms with van der Waals surface area (Å²) >= 11 is 6.01. The minimum absolute atomic E-state index is 0. The van der Waals surface area contributed by atoms with Gasteiger partial charge in [0.05, 0.1) is 6.04 Å². The van der Waals surface area contributed by atoms with Gasteiger partial charge in [-0.3, -0.25) is 4.79 Å². The highest BCUT2D eigenvalue weighted by Crippen LogP contribution is 2.19. The number of aryl methyl sites for hydroxylation is 1. The predicted molar refractivity (Wildman–Crippen MR) is 84.4 cm³/mol. The molecular formula is C14H22Cl2N2O. The minimum Gasteiger partial charge on any atom is -0.325 e. The van der Waals surface area contributed by atoms with Crippen LogP contribution in [-0.4, -0.2) is 18.5 Å². The number of carbonyl (C=O) groups excluding carboxylic acids is 1. The minimum atomic E-state index is -0.215. The van der Waals surface area contributed by atoms with E-state index in [0.717, 1.165) is 17.8 Å². The quantitative estimate of drug-likeness (QED) is 0.872. The molecule has 0 fully saturated rings. The smallest absolute Gasteiger partial charge is 0.241 e. The lowest BCUT2D eigenvalue weighted by atomic mass is 10.2. The second-order valence-corrected chi connectivity index (χ2v) is 5.38. The molecule has 1 aromatic rings. The van der Waals surface area contributed by atoms with Crippen molar-refractivity contribution in [3.63, 3.8) is 0 Å². The Morgan fingerprint density at radius 2 is 1.95 bits per heavy atom. The molecule has 1 unspecified atom stereocenters. The van der Waals surface area contributed by atoms with Crippen LogP contribution in [0.5, 0.6) is 0 Å². The van der Waals surface area contributed by atoms with Gasteiger partial charge in [0.15, 0.2) is 0 Å². The largest absolute Gasteiger partial charge is 0.325 e. The van der Waals surface area contributed by atoms with E-state index < -0.39 is 0 Å². The summed E-state index contributed by atoms with van der Waals surface area (Å²) in [4.78, 5) is 11.9. The lowest BCUT2D eigenvalue weighted by Crippen LogP contribution is -2.39. The van der Waals surface area contributed by atoms with Crippen molar-refractivity contribution in [2.45, 2.75) is 33.7 Å². The summed E-state index contributed by atoms with van der Waals surface area (Å²) in [5, 5.41) is 6.69. The van der Waals surface area contributed by atoms with Crippen molar-refractivity contribution < 1.29 is 4.79 Å². The van der Waals surface area contributed by atoms with Crippen LogP contribution in [0, 0.1) is 12.8 Å². The van der Waals surface area contributed by atoms with Crippen molar-refractivity contribution in [3.05, 3.63) is 28.8 Å². The molecular weight excluding hydrogens is 283 g/mol. The zero-order chi connectivity index (χ0) is 13.7. The first kappa shape index (κ1) is 18.2. The number of halogens is 2. The van der Waals surface area contributed by atoms with Gasteiger partial charge in [0.1, 0.15) is 0 Å². The maximum atomic E-state index is 11.9. The maximum Gasteiger partial charge on any atom is 0.241 e. The number of hydrogen-bond acceptors (Lipinski definition) is 2. The third kappa shape index (κ3) is 6.28. The highest BCUT2D eigenvalue weighted by molar-refractivity contribution is 6.31. The number of benzene rings is 1. The van der Waals surface area contributed by atoms with Gasteiger partial charge in [-0.1, -0.05) is 31.5 Å². The van der Waals surface area contributed by atoms with E-state index >= 15 is 0 Å². The standard InChI is InChI=1S/C14H21ClN2O.ClH/c1-9(2)8-16-11(4)14(18)17-12-6-5-10(3)13(15)7-12;/h5-7,9,11,16H,8H2,1-4H3,(H,17,18);1H. The summed E-state index contributed by atoms with van der Waals surface area (Å²) in [5.41, 5.74) is 1.73. The van der Waals surface area contributed by atoms with Crippen molar-refractivity contribution in [2.24, 2.45) is 5.92 Å². The van der Waals surface area contributed by atoms with Crippen LogP contribution in [0.2, 0.25) is 5.02 Å². The molecule has 3 nitrogen and oxygen atoms in total. The molecule has 108 valence electrons. The molecule has 1 rings (SSSR count). The van der Waals surface area contributed by atoms with E-state index in [9.17, 15) is 4.79 Å². The summed E-state index contributed by atoms with van der Waals surface area (Å²) in [5.74, 6) is 0.477. The molecule has 0 saturated carbocycles. The van der Waals surface area contributed by atoms with Crippen molar-refractivity contribution in [1.29, 1.82) is 0 Å². The van der Waals surface area contributed by atoms with Crippen LogP contribution in [0.15, 0.2) is 18.2 Å². The normalized spacial score (nSPS) is 11.9. The fourth-order valence-corrected chi connectivity index (χ4v) is 1.61. The Kier molecular flexibility index (Phi) is 8.07. The van der Waals surface area contributed by atoms with Crippen LogP contribution in [0.25, 0.3) is 0 Å². The van der Waals surface area contributed by atoms with Gasteiger partial charge >= 0.3 is 0 Å². The molecule has 1 aromatic carbocycles. The third-order valence-corrected chi connectivity index (χ3v) is 3.07. The Morgan fingerprint density at radius 3 is 2.47 bits per heavy atom. The lowest BCUT2D eigenvalue weighted by Gasteiger charge is -2.15. The molecule has 0 radical (unpaired) electrons. The van der Waals surface area contributed by atoms with Gasteiger partial charge < -0.3 is 10.6 Å². The van der Waals surface area contributed by atoms with Gasteiger partial charge in [-0.25, -0.2) is 0 Å². The highest BCUT2D eigenvalue weighted by Gasteiger charge is 2.12. The second kappa shape index (κ2) is 8.41. The maximum absolute atomic E-state index is 11.9. The molecule has 0 aliphatic carbocycles. The number of nitrogens with one attached hydrogen (secondary N) is 2. The Bertz CT molecular complexity index is 422. The highest BCUT2D eigenvalue weighted by atomic mass is 35.5.